The molecule has 0 amide bonds. The lowest BCUT2D eigenvalue weighted by Gasteiger charge is -2.13. The van der Waals surface area contributed by atoms with Crippen molar-refractivity contribution in [3.63, 3.8) is 0 Å². The predicted molar refractivity (Wildman–Crippen MR) is 123 cm³/mol. The summed E-state index contributed by atoms with van der Waals surface area (Å²) >= 11 is 5.98. The minimum atomic E-state index is -0.393. The van der Waals surface area contributed by atoms with E-state index in [-0.39, 0.29) is 16.5 Å². The molecule has 0 spiro atoms. The van der Waals surface area contributed by atoms with Crippen LogP contribution < -0.4 is 11.2 Å². The zero-order chi connectivity index (χ0) is 22.7. The van der Waals surface area contributed by atoms with Crippen LogP contribution >= 0.6 is 11.6 Å². The fourth-order valence-corrected chi connectivity index (χ4v) is 4.20. The number of aryl methyl sites for hydroxylation is 2. The van der Waals surface area contributed by atoms with Gasteiger partial charge in [0.1, 0.15) is 0 Å². The second-order valence-electron chi connectivity index (χ2n) is 8.01. The Balaban J connectivity index is 1.50. The average Bonchev–Trinajstić information content (AvgIpc) is 3.40. The fourth-order valence-electron chi connectivity index (χ4n) is 4.03. The van der Waals surface area contributed by atoms with Crippen molar-refractivity contribution in [2.75, 3.05) is 0 Å². The van der Waals surface area contributed by atoms with Gasteiger partial charge in [-0.15, -0.1) is 5.10 Å². The van der Waals surface area contributed by atoms with Crippen LogP contribution in [-0.4, -0.2) is 39.3 Å². The van der Waals surface area contributed by atoms with Crippen molar-refractivity contribution in [3.8, 4) is 0 Å². The van der Waals surface area contributed by atoms with Gasteiger partial charge in [0.2, 0.25) is 5.28 Å². The van der Waals surface area contributed by atoms with Gasteiger partial charge in [-0.3, -0.25) is 13.9 Å². The van der Waals surface area contributed by atoms with Crippen LogP contribution in [0.2, 0.25) is 5.28 Å². The van der Waals surface area contributed by atoms with Gasteiger partial charge in [-0.1, -0.05) is 25.5 Å². The Kier molecular flexibility index (Phi) is 6.69. The molecule has 170 valence electrons. The maximum Gasteiger partial charge on any atom is 0.332 e. The van der Waals surface area contributed by atoms with E-state index in [1.807, 2.05) is 6.92 Å². The summed E-state index contributed by atoms with van der Waals surface area (Å²) in [6.07, 6.45) is 9.24. The van der Waals surface area contributed by atoms with E-state index in [1.54, 1.807) is 4.68 Å². The van der Waals surface area contributed by atoms with E-state index in [0.717, 1.165) is 43.5 Å². The second-order valence-corrected chi connectivity index (χ2v) is 8.36. The fraction of sp³-hybridized carbons (Fsp3) is 0.524. The standard InChI is InChI=1S/C21H27ClN8O2/c1-3-4-11-28-18-16(23-20(22)24-18)19(31)29(21(28)32)12-7-8-13-30-17(25-26-27-30)15-10-6-5-9-14(15)2/h5,9H,3-4,6-8,10-13H2,1-2H3,(H,23,24). The molecule has 0 unspecified atom stereocenters. The molecule has 4 rings (SSSR count). The molecule has 32 heavy (non-hydrogen) atoms. The zero-order valence-corrected chi connectivity index (χ0v) is 19.1. The number of hydrogen-bond acceptors (Lipinski definition) is 6. The summed E-state index contributed by atoms with van der Waals surface area (Å²) in [5.74, 6) is 0.791. The molecule has 3 aromatic heterocycles. The number of nitrogens with zero attached hydrogens (tertiary/aromatic N) is 7. The third-order valence-electron chi connectivity index (χ3n) is 5.78. The highest BCUT2D eigenvalue weighted by atomic mass is 35.5. The van der Waals surface area contributed by atoms with Crippen molar-refractivity contribution in [2.45, 2.75) is 72.0 Å². The van der Waals surface area contributed by atoms with Crippen molar-refractivity contribution in [1.29, 1.82) is 0 Å². The third kappa shape index (κ3) is 4.32. The molecule has 1 N–H and O–H groups in total. The molecular weight excluding hydrogens is 432 g/mol. The summed E-state index contributed by atoms with van der Waals surface area (Å²) in [7, 11) is 0. The number of unbranched alkanes of at least 4 members (excludes halogenated alkanes) is 2. The number of tetrazole rings is 1. The molecule has 0 fully saturated rings. The van der Waals surface area contributed by atoms with Gasteiger partial charge in [-0.05, 0) is 66.6 Å². The number of aromatic amines is 1. The largest absolute Gasteiger partial charge is 0.332 e. The molecule has 10 nitrogen and oxygen atoms in total. The number of rotatable bonds is 9. The van der Waals surface area contributed by atoms with E-state index in [2.05, 4.69) is 44.6 Å². The van der Waals surface area contributed by atoms with E-state index in [9.17, 15) is 9.59 Å². The second kappa shape index (κ2) is 9.64. The molecule has 0 aromatic carbocycles. The van der Waals surface area contributed by atoms with Gasteiger partial charge in [0.15, 0.2) is 17.0 Å². The highest BCUT2D eigenvalue weighted by Gasteiger charge is 2.18. The van der Waals surface area contributed by atoms with Crippen LogP contribution in [0.5, 0.6) is 0 Å². The summed E-state index contributed by atoms with van der Waals surface area (Å²) in [6, 6.07) is 0. The normalized spacial score (nSPS) is 14.1. The van der Waals surface area contributed by atoms with E-state index in [0.29, 0.717) is 31.7 Å². The highest BCUT2D eigenvalue weighted by molar-refractivity contribution is 6.28. The van der Waals surface area contributed by atoms with E-state index < -0.39 is 5.56 Å². The predicted octanol–water partition coefficient (Wildman–Crippen LogP) is 2.93. The average molecular weight is 459 g/mol. The van der Waals surface area contributed by atoms with Gasteiger partial charge in [-0.2, -0.15) is 4.98 Å². The van der Waals surface area contributed by atoms with Crippen LogP contribution in [0.3, 0.4) is 0 Å². The van der Waals surface area contributed by atoms with Crippen molar-refractivity contribution in [2.24, 2.45) is 0 Å². The number of halogens is 1. The summed E-state index contributed by atoms with van der Waals surface area (Å²) in [5.41, 5.74) is 2.18. The Hall–Kier alpha value is -3.01. The lowest BCUT2D eigenvalue weighted by molar-refractivity contribution is 0.483. The Morgan fingerprint density at radius 2 is 1.91 bits per heavy atom. The van der Waals surface area contributed by atoms with Crippen molar-refractivity contribution in [1.82, 2.24) is 39.3 Å². The van der Waals surface area contributed by atoms with Crippen LogP contribution in [0.1, 0.15) is 58.2 Å². The lowest BCUT2D eigenvalue weighted by Crippen LogP contribution is -2.40. The Labute approximate surface area is 189 Å². The van der Waals surface area contributed by atoms with E-state index >= 15 is 0 Å². The first-order chi connectivity index (χ1) is 15.5. The van der Waals surface area contributed by atoms with Crippen LogP contribution in [0.4, 0.5) is 0 Å². The van der Waals surface area contributed by atoms with Crippen LogP contribution in [-0.2, 0) is 19.6 Å². The van der Waals surface area contributed by atoms with Crippen LogP contribution in [0.25, 0.3) is 16.7 Å². The summed E-state index contributed by atoms with van der Waals surface area (Å²) in [5, 5.41) is 12.3. The van der Waals surface area contributed by atoms with Crippen molar-refractivity contribution >= 4 is 28.3 Å². The number of aromatic nitrogens is 8. The molecule has 0 bridgehead atoms. The Morgan fingerprint density at radius 3 is 2.69 bits per heavy atom. The monoisotopic (exact) mass is 458 g/mol. The molecule has 0 saturated heterocycles. The summed E-state index contributed by atoms with van der Waals surface area (Å²) < 4.78 is 4.61. The third-order valence-corrected chi connectivity index (χ3v) is 5.95. The number of allylic oxidation sites excluding steroid dienone is 4. The molecule has 11 heteroatoms. The number of imidazole rings is 1. The summed E-state index contributed by atoms with van der Waals surface area (Å²) in [4.78, 5) is 32.8. The van der Waals surface area contributed by atoms with Crippen LogP contribution in [0, 0.1) is 0 Å². The number of H-pyrrole nitrogens is 1. The maximum absolute atomic E-state index is 13.0. The van der Waals surface area contributed by atoms with Gasteiger partial charge in [0.25, 0.3) is 5.56 Å². The maximum atomic E-state index is 13.0. The molecule has 0 aliphatic heterocycles. The molecule has 0 radical (unpaired) electrons. The Morgan fingerprint density at radius 1 is 1.12 bits per heavy atom. The number of nitrogens with one attached hydrogen (secondary N) is 1. The van der Waals surface area contributed by atoms with Crippen molar-refractivity contribution < 1.29 is 0 Å². The molecule has 1 aliphatic carbocycles. The topological polar surface area (TPSA) is 116 Å². The molecule has 0 saturated carbocycles. The molecule has 0 atom stereocenters. The highest BCUT2D eigenvalue weighted by Crippen LogP contribution is 2.26. The van der Waals surface area contributed by atoms with Gasteiger partial charge in [0.05, 0.1) is 0 Å². The SMILES string of the molecule is CCCCn1c(=O)n(CCCCn2nnnc2C2=C(C)C=CCC2)c(=O)c2[nH]c(Cl)nc21. The molecular formula is C21H27ClN8O2. The Bertz CT molecular complexity index is 1290. The summed E-state index contributed by atoms with van der Waals surface area (Å²) in [6.45, 7) is 5.52. The van der Waals surface area contributed by atoms with Gasteiger partial charge >= 0.3 is 5.69 Å². The van der Waals surface area contributed by atoms with Gasteiger partial charge in [-0.25, -0.2) is 9.48 Å². The first-order valence-corrected chi connectivity index (χ1v) is 11.4. The molecule has 3 heterocycles. The first kappa shape index (κ1) is 22.2. The molecule has 1 aliphatic rings. The van der Waals surface area contributed by atoms with Gasteiger partial charge < -0.3 is 4.98 Å². The number of hydrogen-bond donors (Lipinski definition) is 1. The smallest absolute Gasteiger partial charge is 0.323 e. The quantitative estimate of drug-likeness (QED) is 0.389. The molecule has 3 aromatic rings. The number of fused-ring (bicyclic) bond motifs is 1. The van der Waals surface area contributed by atoms with E-state index in [4.69, 9.17) is 11.6 Å². The minimum Gasteiger partial charge on any atom is -0.323 e. The minimum absolute atomic E-state index is 0.105. The lowest BCUT2D eigenvalue weighted by atomic mass is 9.98. The zero-order valence-electron chi connectivity index (χ0n) is 18.3. The van der Waals surface area contributed by atoms with E-state index in [1.165, 1.54) is 14.7 Å². The first-order valence-electron chi connectivity index (χ1n) is 11.0. The van der Waals surface area contributed by atoms with Crippen LogP contribution in [0.15, 0.2) is 27.3 Å². The van der Waals surface area contributed by atoms with Gasteiger partial charge in [0, 0.05) is 25.2 Å². The van der Waals surface area contributed by atoms with Crippen molar-refractivity contribution in [3.05, 3.63) is 49.7 Å².